The van der Waals surface area contributed by atoms with E-state index in [2.05, 4.69) is 24.5 Å². The highest BCUT2D eigenvalue weighted by molar-refractivity contribution is 6.00. The average molecular weight is 755 g/mol. The monoisotopic (exact) mass is 754 g/mol. The summed E-state index contributed by atoms with van der Waals surface area (Å²) in [4.78, 5) is 24.1. The van der Waals surface area contributed by atoms with E-state index in [1.165, 1.54) is 36.5 Å². The molecule has 0 aliphatic carbocycles. The van der Waals surface area contributed by atoms with Gasteiger partial charge in [0, 0.05) is 48.8 Å². The van der Waals surface area contributed by atoms with Crippen LogP contribution in [0.4, 0.5) is 0 Å². The summed E-state index contributed by atoms with van der Waals surface area (Å²) in [6.07, 6.45) is 13.7. The van der Waals surface area contributed by atoms with Gasteiger partial charge in [-0.1, -0.05) is 111 Å². The van der Waals surface area contributed by atoms with Crippen molar-refractivity contribution in [1.29, 1.82) is 0 Å². The first-order valence-corrected chi connectivity index (χ1v) is 18.8. The Kier molecular flexibility index (Phi) is 20.0. The Morgan fingerprint density at radius 3 is 1.23 bits per heavy atom. The van der Waals surface area contributed by atoms with Gasteiger partial charge in [-0.15, -0.1) is 0 Å². The van der Waals surface area contributed by atoms with Gasteiger partial charge in [0.1, 0.15) is 23.0 Å². The maximum Gasteiger partial charge on any atom is 0.184 e. The van der Waals surface area contributed by atoms with Crippen LogP contribution in [0.25, 0.3) is 12.2 Å². The highest BCUT2D eigenvalue weighted by atomic mass is 16.5. The topological polar surface area (TPSA) is 117 Å². The zero-order valence-corrected chi connectivity index (χ0v) is 32.8. The van der Waals surface area contributed by atoms with E-state index < -0.39 is 0 Å². The molecule has 8 nitrogen and oxygen atoms in total. The van der Waals surface area contributed by atoms with Crippen molar-refractivity contribution in [3.8, 4) is 11.5 Å². The van der Waals surface area contributed by atoms with Gasteiger partial charge in [0.15, 0.2) is 11.6 Å². The van der Waals surface area contributed by atoms with Gasteiger partial charge in [-0.25, -0.2) is 0 Å². The molecule has 4 N–H and O–H groups in total. The number of carbonyl (C=O) groups is 2. The highest BCUT2D eigenvalue weighted by Gasteiger charge is 2.01. The Morgan fingerprint density at radius 2 is 0.893 bits per heavy atom. The van der Waals surface area contributed by atoms with Crippen molar-refractivity contribution in [2.24, 2.45) is 0 Å². The van der Waals surface area contributed by atoms with Crippen molar-refractivity contribution in [1.82, 2.24) is 10.6 Å². The zero-order chi connectivity index (χ0) is 40.4. The molecule has 0 aliphatic rings. The number of rotatable bonds is 20. The quantitative estimate of drug-likeness (QED) is 0.0400. The normalized spacial score (nSPS) is 12.2. The number of ketones is 2. The summed E-state index contributed by atoms with van der Waals surface area (Å²) in [5.41, 5.74) is 5.57. The summed E-state index contributed by atoms with van der Waals surface area (Å²) in [7, 11) is 0. The fourth-order valence-corrected chi connectivity index (χ4v) is 4.83. The third kappa shape index (κ3) is 19.0. The Hall–Kier alpha value is -6.54. The maximum absolute atomic E-state index is 12.0. The lowest BCUT2D eigenvalue weighted by molar-refractivity contribution is -0.111. The van der Waals surface area contributed by atoms with E-state index in [0.717, 1.165) is 58.0 Å². The predicted molar refractivity (Wildman–Crippen MR) is 228 cm³/mol. The van der Waals surface area contributed by atoms with Crippen LogP contribution in [-0.4, -0.2) is 35.0 Å². The molecule has 0 aliphatic heterocycles. The van der Waals surface area contributed by atoms with E-state index in [1.54, 1.807) is 12.2 Å². The zero-order valence-electron chi connectivity index (χ0n) is 32.8. The van der Waals surface area contributed by atoms with Gasteiger partial charge in [-0.05, 0) is 85.4 Å². The number of aliphatic hydroxyl groups is 2. The van der Waals surface area contributed by atoms with Crippen LogP contribution in [0.5, 0.6) is 11.5 Å². The number of allylic oxidation sites excluding steroid dienone is 8. The molecule has 4 aromatic rings. The summed E-state index contributed by atoms with van der Waals surface area (Å²) in [5, 5.41) is 26.3. The molecule has 0 bridgehead atoms. The molecule has 0 saturated heterocycles. The Balaban J connectivity index is 0.000000300. The van der Waals surface area contributed by atoms with Crippen molar-refractivity contribution in [3.05, 3.63) is 191 Å². The number of aliphatic hydroxyl groups excluding tert-OH is 2. The molecule has 0 amide bonds. The van der Waals surface area contributed by atoms with Gasteiger partial charge in [0.05, 0.1) is 13.2 Å². The Labute approximate surface area is 331 Å². The summed E-state index contributed by atoms with van der Waals surface area (Å²) in [6.45, 7) is 10.4. The molecule has 4 aromatic carbocycles. The average Bonchev–Trinajstić information content (AvgIpc) is 3.20. The van der Waals surface area contributed by atoms with Crippen molar-refractivity contribution in [3.63, 3.8) is 0 Å². The lowest BCUT2D eigenvalue weighted by Gasteiger charge is -2.05. The molecule has 0 fully saturated rings. The fraction of sp³-hybridized carbons (Fsp3) is 0.208. The number of nitrogens with one attached hydrogen (secondary N) is 2. The molecule has 56 heavy (non-hydrogen) atoms. The smallest absolute Gasteiger partial charge is 0.184 e. The molecule has 4 rings (SSSR count). The van der Waals surface area contributed by atoms with Crippen molar-refractivity contribution in [2.75, 3.05) is 13.2 Å². The second kappa shape index (κ2) is 25.5. The summed E-state index contributed by atoms with van der Waals surface area (Å²) in [5.74, 6) is 0.897. The van der Waals surface area contributed by atoms with Crippen molar-refractivity contribution < 1.29 is 29.3 Å². The van der Waals surface area contributed by atoms with Crippen LogP contribution in [-0.2, 0) is 22.7 Å². The maximum atomic E-state index is 12.0. The van der Waals surface area contributed by atoms with Gasteiger partial charge in [0.25, 0.3) is 0 Å². The van der Waals surface area contributed by atoms with E-state index in [-0.39, 0.29) is 23.1 Å². The van der Waals surface area contributed by atoms with Gasteiger partial charge < -0.3 is 30.3 Å². The van der Waals surface area contributed by atoms with Crippen LogP contribution in [0.15, 0.2) is 169 Å². The molecule has 0 saturated carbocycles. The van der Waals surface area contributed by atoms with Gasteiger partial charge in [0.2, 0.25) is 0 Å². The fourth-order valence-electron chi connectivity index (χ4n) is 4.83. The molecule has 8 heteroatoms. The van der Waals surface area contributed by atoms with Gasteiger partial charge in [-0.2, -0.15) is 0 Å². The number of carbonyl (C=O) groups excluding carboxylic acids is 2. The summed E-state index contributed by atoms with van der Waals surface area (Å²) < 4.78 is 11.1. The minimum atomic E-state index is -0.275. The van der Waals surface area contributed by atoms with Crippen LogP contribution >= 0.6 is 0 Å². The van der Waals surface area contributed by atoms with E-state index in [9.17, 15) is 19.8 Å². The van der Waals surface area contributed by atoms with Crippen LogP contribution in [0.1, 0.15) is 62.8 Å². The standard InChI is InChI=1S/2C24H27NO3/c2*1-3-15-28-24-13-10-20(11-14-24)9-12-22(26)17-23(27)16-19(2)25-18-21-7-5-4-6-8-21/h2*4-14,16-17,25-26H,3,15,18H2,1-2H3/b2*12-9+,19-16-,22-17-. The van der Waals surface area contributed by atoms with E-state index in [0.29, 0.717) is 26.3 Å². The first kappa shape index (κ1) is 43.9. The lowest BCUT2D eigenvalue weighted by Crippen LogP contribution is -2.11. The third-order valence-corrected chi connectivity index (χ3v) is 7.73. The number of hydrogen-bond donors (Lipinski definition) is 4. The Bertz CT molecular complexity index is 1810. The molecule has 0 radical (unpaired) electrons. The Morgan fingerprint density at radius 1 is 0.536 bits per heavy atom. The highest BCUT2D eigenvalue weighted by Crippen LogP contribution is 2.15. The molecule has 292 valence electrons. The van der Waals surface area contributed by atoms with Crippen LogP contribution < -0.4 is 20.1 Å². The molecule has 0 aromatic heterocycles. The van der Waals surface area contributed by atoms with Gasteiger partial charge in [-0.3, -0.25) is 9.59 Å². The van der Waals surface area contributed by atoms with E-state index in [4.69, 9.17) is 9.47 Å². The molecule has 0 heterocycles. The van der Waals surface area contributed by atoms with Crippen LogP contribution in [0.2, 0.25) is 0 Å². The number of hydrogen-bond acceptors (Lipinski definition) is 8. The molecular formula is C48H54N2O6. The van der Waals surface area contributed by atoms with E-state index in [1.807, 2.05) is 123 Å². The first-order valence-electron chi connectivity index (χ1n) is 18.8. The predicted octanol–water partition coefficient (Wildman–Crippen LogP) is 10.4. The SMILES string of the molecule is CCCOc1ccc(/C=C/C(O)=C/C(=O)/C=C(/C)NCc2ccccc2)cc1.CCCOc1ccc(/C=C/C(O)=C/C(=O)/C=C(/C)NCc2ccccc2)cc1. The molecule has 0 unspecified atom stereocenters. The minimum absolute atomic E-state index is 0.0941. The molecule has 0 atom stereocenters. The summed E-state index contributed by atoms with van der Waals surface area (Å²) >= 11 is 0. The summed E-state index contributed by atoms with van der Waals surface area (Å²) in [6, 6.07) is 35.0. The molecular weight excluding hydrogens is 701 g/mol. The largest absolute Gasteiger partial charge is 0.508 e. The lowest BCUT2D eigenvalue weighted by atomic mass is 10.2. The van der Waals surface area contributed by atoms with Gasteiger partial charge >= 0.3 is 0 Å². The second-order valence-electron chi connectivity index (χ2n) is 12.8. The minimum Gasteiger partial charge on any atom is -0.508 e. The second-order valence-corrected chi connectivity index (χ2v) is 12.8. The van der Waals surface area contributed by atoms with E-state index >= 15 is 0 Å². The number of benzene rings is 4. The van der Waals surface area contributed by atoms with Crippen molar-refractivity contribution in [2.45, 2.75) is 53.6 Å². The van der Waals surface area contributed by atoms with Crippen LogP contribution in [0, 0.1) is 0 Å². The number of ether oxygens (including phenoxy) is 2. The van der Waals surface area contributed by atoms with Crippen molar-refractivity contribution >= 4 is 23.7 Å². The first-order chi connectivity index (χ1) is 27.1. The molecule has 0 spiro atoms. The van der Waals surface area contributed by atoms with Crippen LogP contribution in [0.3, 0.4) is 0 Å². The third-order valence-electron chi connectivity index (χ3n) is 7.73.